The van der Waals surface area contributed by atoms with Gasteiger partial charge in [-0.3, -0.25) is 13.9 Å². The number of nitrogens with zero attached hydrogens (tertiary/aromatic N) is 2. The summed E-state index contributed by atoms with van der Waals surface area (Å²) in [6.07, 6.45) is 6.16. The zero-order valence-corrected chi connectivity index (χ0v) is 22.5. The van der Waals surface area contributed by atoms with E-state index in [1.807, 2.05) is 0 Å². The van der Waals surface area contributed by atoms with Crippen molar-refractivity contribution < 1.29 is 22.7 Å². The maximum absolute atomic E-state index is 13.7. The lowest BCUT2D eigenvalue weighted by Gasteiger charge is -2.33. The fourth-order valence-electron chi connectivity index (χ4n) is 4.37. The Hall–Kier alpha value is -2.78. The van der Waals surface area contributed by atoms with Crippen LogP contribution in [0.15, 0.2) is 48.5 Å². The molecule has 8 nitrogen and oxygen atoms in total. The van der Waals surface area contributed by atoms with Crippen LogP contribution in [0.4, 0.5) is 5.69 Å². The molecule has 0 aliphatic heterocycles. The van der Waals surface area contributed by atoms with Gasteiger partial charge >= 0.3 is 0 Å². The third kappa shape index (κ3) is 7.36. The molecular weight excluding hydrogens is 502 g/mol. The van der Waals surface area contributed by atoms with Crippen LogP contribution >= 0.6 is 11.6 Å². The first-order valence-electron chi connectivity index (χ1n) is 12.0. The van der Waals surface area contributed by atoms with Gasteiger partial charge in [0.2, 0.25) is 21.8 Å². The first-order chi connectivity index (χ1) is 17.1. The summed E-state index contributed by atoms with van der Waals surface area (Å²) < 4.78 is 31.8. The second-order valence-corrected chi connectivity index (χ2v) is 11.5. The highest BCUT2D eigenvalue weighted by molar-refractivity contribution is 7.92. The van der Waals surface area contributed by atoms with Crippen molar-refractivity contribution in [1.29, 1.82) is 0 Å². The second kappa shape index (κ2) is 12.5. The van der Waals surface area contributed by atoms with Crippen LogP contribution in [-0.4, -0.2) is 57.1 Å². The molecule has 1 saturated carbocycles. The first kappa shape index (κ1) is 27.8. The maximum atomic E-state index is 13.7. The molecule has 1 N–H and O–H groups in total. The van der Waals surface area contributed by atoms with E-state index < -0.39 is 28.5 Å². The summed E-state index contributed by atoms with van der Waals surface area (Å²) in [4.78, 5) is 28.2. The number of amides is 2. The fraction of sp³-hybridized carbons (Fsp3) is 0.462. The fourth-order valence-corrected chi connectivity index (χ4v) is 5.35. The van der Waals surface area contributed by atoms with Crippen LogP contribution in [0.25, 0.3) is 0 Å². The van der Waals surface area contributed by atoms with Gasteiger partial charge in [-0.15, -0.1) is 0 Å². The van der Waals surface area contributed by atoms with Gasteiger partial charge in [-0.05, 0) is 49.6 Å². The molecule has 0 aromatic heterocycles. The van der Waals surface area contributed by atoms with E-state index in [2.05, 4.69) is 5.32 Å². The number of para-hydroxylation sites is 2. The van der Waals surface area contributed by atoms with Crippen molar-refractivity contribution >= 4 is 39.1 Å². The Morgan fingerprint density at radius 2 is 1.72 bits per heavy atom. The number of halogens is 1. The molecule has 2 amide bonds. The lowest BCUT2D eigenvalue weighted by molar-refractivity contribution is -0.139. The minimum absolute atomic E-state index is 0.0854. The molecule has 1 fully saturated rings. The number of rotatable bonds is 10. The Balaban J connectivity index is 1.89. The Morgan fingerprint density at radius 1 is 1.08 bits per heavy atom. The van der Waals surface area contributed by atoms with Crippen molar-refractivity contribution in [3.63, 3.8) is 0 Å². The summed E-state index contributed by atoms with van der Waals surface area (Å²) in [6, 6.07) is 12.9. The molecule has 2 aromatic rings. The van der Waals surface area contributed by atoms with Gasteiger partial charge in [-0.2, -0.15) is 0 Å². The van der Waals surface area contributed by atoms with Gasteiger partial charge in [0, 0.05) is 17.6 Å². The quantitative estimate of drug-likeness (QED) is 0.496. The smallest absolute Gasteiger partial charge is 0.244 e. The van der Waals surface area contributed by atoms with Crippen LogP contribution in [0.2, 0.25) is 5.02 Å². The van der Waals surface area contributed by atoms with E-state index in [0.717, 1.165) is 48.2 Å². The number of carbonyl (C=O) groups excluding carboxylic acids is 2. The van der Waals surface area contributed by atoms with E-state index in [4.69, 9.17) is 16.3 Å². The number of anilines is 1. The van der Waals surface area contributed by atoms with Crippen LogP contribution in [-0.2, 0) is 26.2 Å². The van der Waals surface area contributed by atoms with Crippen LogP contribution in [0.1, 0.15) is 44.6 Å². The van der Waals surface area contributed by atoms with Gasteiger partial charge in [0.25, 0.3) is 0 Å². The van der Waals surface area contributed by atoms with Crippen molar-refractivity contribution in [2.75, 3.05) is 24.2 Å². The van der Waals surface area contributed by atoms with Crippen LogP contribution < -0.4 is 14.4 Å². The van der Waals surface area contributed by atoms with Gasteiger partial charge in [0.15, 0.2) is 0 Å². The predicted molar refractivity (Wildman–Crippen MR) is 142 cm³/mol. The average molecular weight is 536 g/mol. The molecular formula is C26H34ClN3O5S. The number of carbonyl (C=O) groups is 2. The molecule has 2 aromatic carbocycles. The molecule has 0 bridgehead atoms. The van der Waals surface area contributed by atoms with Crippen LogP contribution in [0.5, 0.6) is 5.75 Å². The molecule has 0 spiro atoms. The number of benzene rings is 2. The SMILES string of the molecule is COc1ccccc1N(CC(=O)N(Cc1ccc(Cl)cc1)[C@@H](C)C(=O)NC1CCCCC1)S(C)(=O)=O. The van der Waals surface area contributed by atoms with E-state index in [1.54, 1.807) is 55.5 Å². The van der Waals surface area contributed by atoms with Crippen molar-refractivity contribution in [3.05, 3.63) is 59.1 Å². The molecule has 1 aliphatic carbocycles. The number of sulfonamides is 1. The number of hydrogen-bond donors (Lipinski definition) is 1. The van der Waals surface area contributed by atoms with Crippen LogP contribution in [0, 0.1) is 0 Å². The van der Waals surface area contributed by atoms with Gasteiger partial charge in [-0.25, -0.2) is 8.42 Å². The summed E-state index contributed by atoms with van der Waals surface area (Å²) >= 11 is 6.02. The van der Waals surface area contributed by atoms with E-state index >= 15 is 0 Å². The monoisotopic (exact) mass is 535 g/mol. The number of hydrogen-bond acceptors (Lipinski definition) is 5. The van der Waals surface area contributed by atoms with Crippen molar-refractivity contribution in [3.8, 4) is 5.75 Å². The predicted octanol–water partition coefficient (Wildman–Crippen LogP) is 3.98. The largest absolute Gasteiger partial charge is 0.495 e. The van der Waals surface area contributed by atoms with E-state index in [-0.39, 0.29) is 24.2 Å². The summed E-state index contributed by atoms with van der Waals surface area (Å²) in [5.41, 5.74) is 1.02. The lowest BCUT2D eigenvalue weighted by atomic mass is 9.95. The molecule has 3 rings (SSSR count). The van der Waals surface area contributed by atoms with Gasteiger partial charge in [0.1, 0.15) is 18.3 Å². The molecule has 1 atom stereocenters. The number of nitrogens with one attached hydrogen (secondary N) is 1. The van der Waals surface area contributed by atoms with Crippen LogP contribution in [0.3, 0.4) is 0 Å². The second-order valence-electron chi connectivity index (χ2n) is 9.11. The molecule has 0 saturated heterocycles. The summed E-state index contributed by atoms with van der Waals surface area (Å²) in [7, 11) is -2.40. The molecule has 196 valence electrons. The average Bonchev–Trinajstić information content (AvgIpc) is 2.86. The Morgan fingerprint density at radius 3 is 2.33 bits per heavy atom. The summed E-state index contributed by atoms with van der Waals surface area (Å²) in [5, 5.41) is 3.63. The van der Waals surface area contributed by atoms with Gasteiger partial charge < -0.3 is 15.0 Å². The Labute approximate surface area is 218 Å². The molecule has 0 unspecified atom stereocenters. The zero-order valence-electron chi connectivity index (χ0n) is 20.9. The third-order valence-electron chi connectivity index (χ3n) is 6.42. The van der Waals surface area contributed by atoms with E-state index in [0.29, 0.717) is 10.8 Å². The molecule has 36 heavy (non-hydrogen) atoms. The highest BCUT2D eigenvalue weighted by Gasteiger charge is 2.32. The summed E-state index contributed by atoms with van der Waals surface area (Å²) in [6.45, 7) is 1.31. The number of methoxy groups -OCH3 is 1. The molecule has 1 aliphatic rings. The first-order valence-corrected chi connectivity index (χ1v) is 14.3. The zero-order chi connectivity index (χ0) is 26.3. The minimum atomic E-state index is -3.84. The molecule has 10 heteroatoms. The molecule has 0 heterocycles. The van der Waals surface area contributed by atoms with Crippen molar-refractivity contribution in [2.24, 2.45) is 0 Å². The number of ether oxygens (including phenoxy) is 1. The standard InChI is InChI=1S/C26H34ClN3O5S/c1-19(26(32)28-22-9-5-4-6-10-22)29(17-20-13-15-21(27)16-14-20)25(31)18-30(36(3,33)34)23-11-7-8-12-24(23)35-2/h7-8,11-16,19,22H,4-6,9-10,17-18H2,1-3H3,(H,28,32)/t19-/m0/s1. The minimum Gasteiger partial charge on any atom is -0.495 e. The van der Waals surface area contributed by atoms with E-state index in [1.165, 1.54) is 12.0 Å². The van der Waals surface area contributed by atoms with Crippen molar-refractivity contribution in [1.82, 2.24) is 10.2 Å². The normalized spacial score (nSPS) is 15.1. The third-order valence-corrected chi connectivity index (χ3v) is 7.80. The topological polar surface area (TPSA) is 96.0 Å². The maximum Gasteiger partial charge on any atom is 0.244 e. The van der Waals surface area contributed by atoms with E-state index in [9.17, 15) is 18.0 Å². The summed E-state index contributed by atoms with van der Waals surface area (Å²) in [5.74, 6) is -0.442. The lowest BCUT2D eigenvalue weighted by Crippen LogP contribution is -2.53. The highest BCUT2D eigenvalue weighted by Crippen LogP contribution is 2.29. The van der Waals surface area contributed by atoms with Gasteiger partial charge in [-0.1, -0.05) is 55.1 Å². The molecule has 0 radical (unpaired) electrons. The Kier molecular flexibility index (Phi) is 9.62. The Bertz CT molecular complexity index is 1150. The van der Waals surface area contributed by atoms with Crippen molar-refractivity contribution in [2.45, 2.75) is 57.7 Å². The highest BCUT2D eigenvalue weighted by atomic mass is 35.5. The van der Waals surface area contributed by atoms with Gasteiger partial charge in [0.05, 0.1) is 19.1 Å².